The molecule has 0 bridgehead atoms. The third-order valence-electron chi connectivity index (χ3n) is 3.23. The van der Waals surface area contributed by atoms with Crippen LogP contribution in [0, 0.1) is 0 Å². The molecule has 0 saturated heterocycles. The van der Waals surface area contributed by atoms with E-state index in [4.69, 9.17) is 0 Å². The highest BCUT2D eigenvalue weighted by molar-refractivity contribution is 5.96. The number of ketones is 2. The Labute approximate surface area is 121 Å². The number of rotatable bonds is 9. The molecular formula is C18H24O2. The summed E-state index contributed by atoms with van der Waals surface area (Å²) in [5.74, 6) is 0.392. The highest BCUT2D eigenvalue weighted by Gasteiger charge is 2.06. The van der Waals surface area contributed by atoms with E-state index >= 15 is 0 Å². The number of hydrogen-bond acceptors (Lipinski definition) is 2. The lowest BCUT2D eigenvalue weighted by Gasteiger charge is -2.07. The lowest BCUT2D eigenvalue weighted by atomic mass is 9.97. The molecule has 0 saturated carbocycles. The number of benzene rings is 1. The van der Waals surface area contributed by atoms with Gasteiger partial charge < -0.3 is 4.79 Å². The van der Waals surface area contributed by atoms with Gasteiger partial charge in [-0.05, 0) is 43.4 Å². The minimum absolute atomic E-state index is 0.188. The van der Waals surface area contributed by atoms with Gasteiger partial charge in [0.05, 0.1) is 0 Å². The predicted molar refractivity (Wildman–Crippen MR) is 83.5 cm³/mol. The molecule has 20 heavy (non-hydrogen) atoms. The molecule has 0 atom stereocenters. The first-order valence-corrected chi connectivity index (χ1v) is 7.41. The molecule has 0 unspecified atom stereocenters. The van der Waals surface area contributed by atoms with Gasteiger partial charge in [0.1, 0.15) is 5.78 Å². The Kier molecular flexibility index (Phi) is 7.56. The summed E-state index contributed by atoms with van der Waals surface area (Å²) in [6.45, 7) is 3.69. The van der Waals surface area contributed by atoms with E-state index in [-0.39, 0.29) is 11.6 Å². The van der Waals surface area contributed by atoms with Gasteiger partial charge in [-0.15, -0.1) is 0 Å². The summed E-state index contributed by atoms with van der Waals surface area (Å²) in [4.78, 5) is 23.0. The van der Waals surface area contributed by atoms with Gasteiger partial charge in [0, 0.05) is 12.8 Å². The summed E-state index contributed by atoms with van der Waals surface area (Å²) >= 11 is 0. The first kappa shape index (κ1) is 16.4. The molecule has 108 valence electrons. The van der Waals surface area contributed by atoms with Crippen LogP contribution in [0.5, 0.6) is 0 Å². The fourth-order valence-corrected chi connectivity index (χ4v) is 2.10. The second-order valence-corrected chi connectivity index (χ2v) is 5.16. The SMILES string of the molecule is CCCCC(=O)/C=C(\CCCC(C)=O)c1ccccc1. The number of hydrogen-bond donors (Lipinski definition) is 0. The Morgan fingerprint density at radius 1 is 1.00 bits per heavy atom. The Morgan fingerprint density at radius 3 is 2.30 bits per heavy atom. The van der Waals surface area contributed by atoms with Crippen LogP contribution in [0.4, 0.5) is 0 Å². The molecule has 0 aliphatic heterocycles. The fourth-order valence-electron chi connectivity index (χ4n) is 2.10. The average molecular weight is 272 g/mol. The minimum Gasteiger partial charge on any atom is -0.300 e. The largest absolute Gasteiger partial charge is 0.300 e. The molecule has 1 aromatic carbocycles. The van der Waals surface area contributed by atoms with Crippen LogP contribution in [0.15, 0.2) is 36.4 Å². The summed E-state index contributed by atoms with van der Waals surface area (Å²) in [7, 11) is 0. The lowest BCUT2D eigenvalue weighted by Crippen LogP contribution is -1.97. The van der Waals surface area contributed by atoms with Crippen LogP contribution in [-0.4, -0.2) is 11.6 Å². The average Bonchev–Trinajstić information content (AvgIpc) is 2.44. The number of carbonyl (C=O) groups is 2. The van der Waals surface area contributed by atoms with Gasteiger partial charge in [-0.2, -0.15) is 0 Å². The van der Waals surface area contributed by atoms with Crippen molar-refractivity contribution in [3.63, 3.8) is 0 Å². The van der Waals surface area contributed by atoms with Gasteiger partial charge in [0.15, 0.2) is 5.78 Å². The van der Waals surface area contributed by atoms with Gasteiger partial charge in [-0.25, -0.2) is 0 Å². The Bertz CT molecular complexity index is 458. The maximum Gasteiger partial charge on any atom is 0.155 e. The first-order valence-electron chi connectivity index (χ1n) is 7.41. The highest BCUT2D eigenvalue weighted by atomic mass is 16.1. The number of allylic oxidation sites excluding steroid dienone is 2. The molecule has 0 radical (unpaired) electrons. The Hall–Kier alpha value is -1.70. The standard InChI is InChI=1S/C18H24O2/c1-3-4-13-18(20)14-17(12-8-9-15(2)19)16-10-6-5-7-11-16/h5-7,10-11,14H,3-4,8-9,12-13H2,1-2H3/b17-14+. The van der Waals surface area contributed by atoms with E-state index in [1.165, 1.54) is 0 Å². The summed E-state index contributed by atoms with van der Waals surface area (Å²) in [6.07, 6.45) is 6.51. The van der Waals surface area contributed by atoms with Crippen molar-refractivity contribution in [2.24, 2.45) is 0 Å². The van der Waals surface area contributed by atoms with Gasteiger partial charge >= 0.3 is 0 Å². The molecule has 0 aromatic heterocycles. The number of unbranched alkanes of at least 4 members (excludes halogenated alkanes) is 1. The zero-order chi connectivity index (χ0) is 14.8. The molecule has 0 aliphatic rings. The van der Waals surface area contributed by atoms with Crippen molar-refractivity contribution < 1.29 is 9.59 Å². The van der Waals surface area contributed by atoms with Crippen molar-refractivity contribution in [3.05, 3.63) is 42.0 Å². The fraction of sp³-hybridized carbons (Fsp3) is 0.444. The van der Waals surface area contributed by atoms with E-state index in [0.29, 0.717) is 12.8 Å². The van der Waals surface area contributed by atoms with Crippen LogP contribution in [-0.2, 0) is 9.59 Å². The minimum atomic E-state index is 0.188. The normalized spacial score (nSPS) is 11.4. The zero-order valence-corrected chi connectivity index (χ0v) is 12.5. The maximum atomic E-state index is 11.9. The van der Waals surface area contributed by atoms with E-state index in [1.807, 2.05) is 30.3 Å². The molecule has 0 aliphatic carbocycles. The number of carbonyl (C=O) groups excluding carboxylic acids is 2. The topological polar surface area (TPSA) is 34.1 Å². The molecule has 2 heteroatoms. The maximum absolute atomic E-state index is 11.9. The third-order valence-corrected chi connectivity index (χ3v) is 3.23. The van der Waals surface area contributed by atoms with Gasteiger partial charge in [-0.3, -0.25) is 4.79 Å². The van der Waals surface area contributed by atoms with Crippen LogP contribution < -0.4 is 0 Å². The van der Waals surface area contributed by atoms with Crippen LogP contribution in [0.3, 0.4) is 0 Å². The Balaban J connectivity index is 2.76. The molecule has 0 N–H and O–H groups in total. The Morgan fingerprint density at radius 2 is 1.70 bits per heavy atom. The zero-order valence-electron chi connectivity index (χ0n) is 12.5. The monoisotopic (exact) mass is 272 g/mol. The van der Waals surface area contributed by atoms with E-state index in [1.54, 1.807) is 13.0 Å². The summed E-state index contributed by atoms with van der Waals surface area (Å²) in [5.41, 5.74) is 2.13. The molecular weight excluding hydrogens is 248 g/mol. The molecule has 0 heterocycles. The van der Waals surface area contributed by atoms with E-state index < -0.39 is 0 Å². The van der Waals surface area contributed by atoms with Crippen molar-refractivity contribution in [3.8, 4) is 0 Å². The van der Waals surface area contributed by atoms with Crippen molar-refractivity contribution in [1.29, 1.82) is 0 Å². The van der Waals surface area contributed by atoms with Crippen molar-refractivity contribution >= 4 is 17.1 Å². The molecule has 0 amide bonds. The molecule has 2 nitrogen and oxygen atoms in total. The summed E-state index contributed by atoms with van der Waals surface area (Å²) in [5, 5.41) is 0. The lowest BCUT2D eigenvalue weighted by molar-refractivity contribution is -0.117. The smallest absolute Gasteiger partial charge is 0.155 e. The highest BCUT2D eigenvalue weighted by Crippen LogP contribution is 2.21. The first-order chi connectivity index (χ1) is 9.63. The van der Waals surface area contributed by atoms with Crippen LogP contribution >= 0.6 is 0 Å². The van der Waals surface area contributed by atoms with Crippen LogP contribution in [0.2, 0.25) is 0 Å². The van der Waals surface area contributed by atoms with Gasteiger partial charge in [-0.1, -0.05) is 43.7 Å². The van der Waals surface area contributed by atoms with E-state index in [9.17, 15) is 9.59 Å². The predicted octanol–water partition coefficient (Wildman–Crippen LogP) is 4.59. The molecule has 1 rings (SSSR count). The summed E-state index contributed by atoms with van der Waals surface area (Å²) < 4.78 is 0. The van der Waals surface area contributed by atoms with E-state index in [2.05, 4.69) is 6.92 Å². The third kappa shape index (κ3) is 6.46. The van der Waals surface area contributed by atoms with Crippen molar-refractivity contribution in [2.75, 3.05) is 0 Å². The second-order valence-electron chi connectivity index (χ2n) is 5.16. The van der Waals surface area contributed by atoms with Gasteiger partial charge in [0.25, 0.3) is 0 Å². The van der Waals surface area contributed by atoms with Crippen molar-refractivity contribution in [2.45, 2.75) is 52.4 Å². The molecule has 0 spiro atoms. The van der Waals surface area contributed by atoms with Crippen LogP contribution in [0.25, 0.3) is 5.57 Å². The van der Waals surface area contributed by atoms with E-state index in [0.717, 1.165) is 36.8 Å². The molecule has 1 aromatic rings. The van der Waals surface area contributed by atoms with Crippen molar-refractivity contribution in [1.82, 2.24) is 0 Å². The molecule has 0 fully saturated rings. The number of Topliss-reactive ketones (excluding diaryl/α,β-unsaturated/α-hetero) is 1. The van der Waals surface area contributed by atoms with Gasteiger partial charge in [0.2, 0.25) is 0 Å². The summed E-state index contributed by atoms with van der Waals surface area (Å²) in [6, 6.07) is 9.96. The quantitative estimate of drug-likeness (QED) is 0.616. The van der Waals surface area contributed by atoms with Crippen LogP contribution in [0.1, 0.15) is 57.9 Å². The second kappa shape index (κ2) is 9.24.